The molecule has 48 heavy (non-hydrogen) atoms. The Balaban J connectivity index is 4.51. The SMILES string of the molecule is CCCCCCC/C=C/CC/C=C/[C@@H](O)[C@H](COP(=O)([O-])OCC[N+](C)(C)C)NC(=O)CCCCCCCCCCCCCCCCC. The molecule has 8 nitrogen and oxygen atoms in total. The Hall–Kier alpha value is -1.02. The van der Waals surface area contributed by atoms with Crippen LogP contribution in [0.1, 0.15) is 168 Å². The lowest BCUT2D eigenvalue weighted by Gasteiger charge is -2.29. The van der Waals surface area contributed by atoms with Crippen LogP contribution in [-0.2, 0) is 18.4 Å². The first-order chi connectivity index (χ1) is 23.0. The molecule has 3 atom stereocenters. The van der Waals surface area contributed by atoms with Crippen molar-refractivity contribution in [3.8, 4) is 0 Å². The third-order valence-corrected chi connectivity index (χ3v) is 9.63. The number of amides is 1. The molecule has 1 amide bonds. The quantitative estimate of drug-likeness (QED) is 0.0295. The topological polar surface area (TPSA) is 108 Å². The average Bonchev–Trinajstić information content (AvgIpc) is 3.02. The molecule has 0 bridgehead atoms. The zero-order valence-electron chi connectivity index (χ0n) is 31.9. The standard InChI is InChI=1S/C39H77N2O6P/c1-6-8-10-12-14-16-18-19-20-21-23-25-27-29-31-33-39(43)40-37(36-47-48(44,45)46-35-34-41(3,4)5)38(42)32-30-28-26-24-22-17-15-13-11-9-7-2/h22,24,30,32,37-38,42H,6-21,23,25-29,31,33-36H2,1-5H3,(H-,40,43,44,45)/b24-22+,32-30+/t37-,38+/m0/s1. The van der Waals surface area contributed by atoms with Crippen LogP contribution >= 0.6 is 7.82 Å². The fourth-order valence-corrected chi connectivity index (χ4v) is 6.18. The van der Waals surface area contributed by atoms with Crippen molar-refractivity contribution in [2.24, 2.45) is 0 Å². The number of phosphoric acid groups is 1. The number of rotatable bonds is 35. The van der Waals surface area contributed by atoms with Crippen LogP contribution in [0.25, 0.3) is 0 Å². The van der Waals surface area contributed by atoms with Crippen molar-refractivity contribution in [2.75, 3.05) is 40.9 Å². The third-order valence-electron chi connectivity index (χ3n) is 8.66. The molecule has 0 rings (SSSR count). The second kappa shape index (κ2) is 31.9. The summed E-state index contributed by atoms with van der Waals surface area (Å²) in [6.07, 6.45) is 35.1. The second-order valence-electron chi connectivity index (χ2n) is 14.6. The zero-order valence-corrected chi connectivity index (χ0v) is 32.8. The lowest BCUT2D eigenvalue weighted by atomic mass is 10.0. The highest BCUT2D eigenvalue weighted by Gasteiger charge is 2.23. The summed E-state index contributed by atoms with van der Waals surface area (Å²) in [6.45, 7) is 4.58. The van der Waals surface area contributed by atoms with Gasteiger partial charge < -0.3 is 28.8 Å². The number of likely N-dealkylation sites (N-methyl/N-ethyl adjacent to an activating group) is 1. The lowest BCUT2D eigenvalue weighted by Crippen LogP contribution is -2.45. The van der Waals surface area contributed by atoms with E-state index in [1.807, 2.05) is 27.2 Å². The van der Waals surface area contributed by atoms with E-state index in [1.165, 1.54) is 109 Å². The fraction of sp³-hybridized carbons (Fsp3) is 0.872. The largest absolute Gasteiger partial charge is 0.756 e. The van der Waals surface area contributed by atoms with Gasteiger partial charge in [0, 0.05) is 6.42 Å². The minimum Gasteiger partial charge on any atom is -0.756 e. The molecular formula is C39H77N2O6P. The van der Waals surface area contributed by atoms with Gasteiger partial charge in [0.15, 0.2) is 0 Å². The number of nitrogens with one attached hydrogen (secondary N) is 1. The summed E-state index contributed by atoms with van der Waals surface area (Å²) < 4.78 is 23.1. The Bertz CT molecular complexity index is 845. The van der Waals surface area contributed by atoms with E-state index in [-0.39, 0.29) is 19.1 Å². The Labute approximate surface area is 296 Å². The Morgan fingerprint density at radius 1 is 0.708 bits per heavy atom. The second-order valence-corrected chi connectivity index (χ2v) is 16.0. The van der Waals surface area contributed by atoms with E-state index in [2.05, 4.69) is 31.3 Å². The molecule has 0 heterocycles. The maximum atomic E-state index is 12.8. The lowest BCUT2D eigenvalue weighted by molar-refractivity contribution is -0.870. The molecule has 0 saturated heterocycles. The number of phosphoric ester groups is 1. The molecular weight excluding hydrogens is 623 g/mol. The van der Waals surface area contributed by atoms with Gasteiger partial charge in [-0.3, -0.25) is 9.36 Å². The number of carbonyl (C=O) groups is 1. The van der Waals surface area contributed by atoms with Gasteiger partial charge in [0.25, 0.3) is 7.82 Å². The van der Waals surface area contributed by atoms with Crippen molar-refractivity contribution >= 4 is 13.7 Å². The minimum atomic E-state index is -4.58. The van der Waals surface area contributed by atoms with Crippen LogP contribution in [0.5, 0.6) is 0 Å². The first-order valence-electron chi connectivity index (χ1n) is 19.7. The van der Waals surface area contributed by atoms with Crippen molar-refractivity contribution in [2.45, 2.75) is 180 Å². The smallest absolute Gasteiger partial charge is 0.268 e. The van der Waals surface area contributed by atoms with E-state index in [9.17, 15) is 19.4 Å². The van der Waals surface area contributed by atoms with Gasteiger partial charge >= 0.3 is 0 Å². The fourth-order valence-electron chi connectivity index (χ4n) is 5.46. The Morgan fingerprint density at radius 2 is 1.17 bits per heavy atom. The number of allylic oxidation sites excluding steroid dienone is 3. The predicted octanol–water partition coefficient (Wildman–Crippen LogP) is 9.55. The number of aliphatic hydroxyl groups is 1. The number of aliphatic hydroxyl groups excluding tert-OH is 1. The highest BCUT2D eigenvalue weighted by atomic mass is 31.2. The van der Waals surface area contributed by atoms with Crippen molar-refractivity contribution in [3.63, 3.8) is 0 Å². The molecule has 0 fully saturated rings. The number of unbranched alkanes of at least 4 members (excludes halogenated alkanes) is 20. The normalized spacial score (nSPS) is 14.9. The maximum absolute atomic E-state index is 12.8. The molecule has 284 valence electrons. The van der Waals surface area contributed by atoms with Crippen LogP contribution in [-0.4, -0.2) is 68.5 Å². The first-order valence-corrected chi connectivity index (χ1v) is 21.2. The Morgan fingerprint density at radius 3 is 1.69 bits per heavy atom. The molecule has 0 radical (unpaired) electrons. The van der Waals surface area contributed by atoms with Gasteiger partial charge in [-0.15, -0.1) is 0 Å². The van der Waals surface area contributed by atoms with Crippen molar-refractivity contribution in [3.05, 3.63) is 24.3 Å². The molecule has 2 N–H and O–H groups in total. The minimum absolute atomic E-state index is 0.00475. The molecule has 1 unspecified atom stereocenters. The molecule has 0 spiro atoms. The van der Waals surface area contributed by atoms with Crippen LogP contribution in [0, 0.1) is 0 Å². The van der Waals surface area contributed by atoms with Crippen LogP contribution < -0.4 is 10.2 Å². The zero-order chi connectivity index (χ0) is 35.8. The summed E-state index contributed by atoms with van der Waals surface area (Å²) >= 11 is 0. The summed E-state index contributed by atoms with van der Waals surface area (Å²) in [7, 11) is 1.24. The van der Waals surface area contributed by atoms with Crippen molar-refractivity contribution < 1.29 is 32.9 Å². The molecule has 0 aromatic carbocycles. The average molecular weight is 701 g/mol. The highest BCUT2D eigenvalue weighted by molar-refractivity contribution is 7.45. The van der Waals surface area contributed by atoms with E-state index < -0.39 is 20.0 Å². The van der Waals surface area contributed by atoms with E-state index in [1.54, 1.807) is 6.08 Å². The van der Waals surface area contributed by atoms with Gasteiger partial charge in [-0.2, -0.15) is 0 Å². The molecule has 0 aromatic rings. The number of carbonyl (C=O) groups excluding carboxylic acids is 1. The number of hydrogen-bond donors (Lipinski definition) is 2. The van der Waals surface area contributed by atoms with Crippen molar-refractivity contribution in [1.29, 1.82) is 0 Å². The maximum Gasteiger partial charge on any atom is 0.268 e. The monoisotopic (exact) mass is 701 g/mol. The first kappa shape index (κ1) is 47.0. The van der Waals surface area contributed by atoms with Gasteiger partial charge in [0.05, 0.1) is 39.9 Å². The van der Waals surface area contributed by atoms with Gasteiger partial charge in [-0.05, 0) is 32.1 Å². The van der Waals surface area contributed by atoms with E-state index in [0.717, 1.165) is 38.5 Å². The summed E-state index contributed by atoms with van der Waals surface area (Å²) in [5.41, 5.74) is 0. The molecule has 0 aromatic heterocycles. The van der Waals surface area contributed by atoms with Crippen molar-refractivity contribution in [1.82, 2.24) is 5.32 Å². The van der Waals surface area contributed by atoms with Gasteiger partial charge in [-0.25, -0.2) is 0 Å². The van der Waals surface area contributed by atoms with E-state index in [0.29, 0.717) is 17.4 Å². The number of quaternary nitrogens is 1. The number of nitrogens with zero attached hydrogens (tertiary/aromatic N) is 1. The molecule has 0 aliphatic heterocycles. The molecule has 0 aliphatic carbocycles. The summed E-state index contributed by atoms with van der Waals surface area (Å²) in [6, 6.07) is -0.895. The summed E-state index contributed by atoms with van der Waals surface area (Å²) in [4.78, 5) is 25.1. The van der Waals surface area contributed by atoms with Crippen LogP contribution in [0.4, 0.5) is 0 Å². The van der Waals surface area contributed by atoms with E-state index >= 15 is 0 Å². The molecule has 0 saturated carbocycles. The predicted molar refractivity (Wildman–Crippen MR) is 201 cm³/mol. The van der Waals surface area contributed by atoms with Crippen LogP contribution in [0.3, 0.4) is 0 Å². The van der Waals surface area contributed by atoms with Crippen LogP contribution in [0.15, 0.2) is 24.3 Å². The van der Waals surface area contributed by atoms with E-state index in [4.69, 9.17) is 9.05 Å². The van der Waals surface area contributed by atoms with Gasteiger partial charge in [-0.1, -0.05) is 154 Å². The summed E-state index contributed by atoms with van der Waals surface area (Å²) in [5.74, 6) is -0.209. The van der Waals surface area contributed by atoms with Gasteiger partial charge in [0.1, 0.15) is 13.2 Å². The third kappa shape index (κ3) is 33.5. The molecule has 9 heteroatoms. The number of hydrogen-bond acceptors (Lipinski definition) is 6. The van der Waals surface area contributed by atoms with Crippen LogP contribution in [0.2, 0.25) is 0 Å². The Kier molecular flexibility index (Phi) is 31.2. The summed E-state index contributed by atoms with van der Waals surface area (Å²) in [5, 5.41) is 13.7. The molecule has 0 aliphatic rings. The highest BCUT2D eigenvalue weighted by Crippen LogP contribution is 2.38. The van der Waals surface area contributed by atoms with Gasteiger partial charge in [0.2, 0.25) is 5.91 Å².